The number of hydrogen-bond donors (Lipinski definition) is 1. The molecule has 0 radical (unpaired) electrons. The van der Waals surface area contributed by atoms with Gasteiger partial charge in [-0.05, 0) is 22.4 Å². The molecule has 0 aliphatic carbocycles. The molecule has 5 heteroatoms. The third-order valence-corrected chi connectivity index (χ3v) is 4.25. The number of hydrogen-bond acceptors (Lipinski definition) is 4. The summed E-state index contributed by atoms with van der Waals surface area (Å²) in [5.74, 6) is 0.868. The van der Waals surface area contributed by atoms with Gasteiger partial charge in [0, 0.05) is 12.1 Å². The second-order valence-electron chi connectivity index (χ2n) is 5.99. The fourth-order valence-corrected chi connectivity index (χ4v) is 2.92. The zero-order chi connectivity index (χ0) is 19.1. The Morgan fingerprint density at radius 2 is 1.78 bits per heavy atom. The van der Waals surface area contributed by atoms with Gasteiger partial charge in [-0.1, -0.05) is 54.6 Å². The van der Waals surface area contributed by atoms with Gasteiger partial charge in [-0.15, -0.1) is 0 Å². The highest BCUT2D eigenvalue weighted by Crippen LogP contribution is 2.32. The summed E-state index contributed by atoms with van der Waals surface area (Å²) in [5, 5.41) is 13.6. The summed E-state index contributed by atoms with van der Waals surface area (Å²) in [5.41, 5.74) is 1.86. The number of carbonyl (C=O) groups is 1. The van der Waals surface area contributed by atoms with E-state index in [1.165, 1.54) is 0 Å². The van der Waals surface area contributed by atoms with Gasteiger partial charge in [0.25, 0.3) is 0 Å². The van der Waals surface area contributed by atoms with Gasteiger partial charge >= 0.3 is 0 Å². The van der Waals surface area contributed by atoms with Gasteiger partial charge in [-0.2, -0.15) is 5.26 Å². The molecule has 0 bridgehead atoms. The first kappa shape index (κ1) is 18.3. The lowest BCUT2D eigenvalue weighted by molar-refractivity contribution is -0.120. The van der Waals surface area contributed by atoms with E-state index >= 15 is 0 Å². The molecule has 5 nitrogen and oxygen atoms in total. The van der Waals surface area contributed by atoms with Crippen LogP contribution in [0.1, 0.15) is 17.5 Å². The number of benzene rings is 3. The van der Waals surface area contributed by atoms with E-state index in [4.69, 9.17) is 14.7 Å². The van der Waals surface area contributed by atoms with Crippen molar-refractivity contribution < 1.29 is 14.3 Å². The fourth-order valence-electron chi connectivity index (χ4n) is 2.92. The van der Waals surface area contributed by atoms with Crippen LogP contribution < -0.4 is 14.8 Å². The van der Waals surface area contributed by atoms with Crippen LogP contribution in [-0.2, 0) is 17.9 Å². The fraction of sp³-hybridized carbons (Fsp3) is 0.182. The average Bonchev–Trinajstić information content (AvgIpc) is 2.71. The number of para-hydroxylation sites is 1. The largest absolute Gasteiger partial charge is 0.493 e. The Balaban J connectivity index is 1.82. The summed E-state index contributed by atoms with van der Waals surface area (Å²) in [6, 6.07) is 21.6. The Labute approximate surface area is 158 Å². The lowest BCUT2D eigenvalue weighted by Crippen LogP contribution is -2.22. The smallest absolute Gasteiger partial charge is 0.234 e. The van der Waals surface area contributed by atoms with Crippen molar-refractivity contribution in [3.63, 3.8) is 0 Å². The molecule has 0 spiro atoms. The van der Waals surface area contributed by atoms with E-state index in [2.05, 4.69) is 23.5 Å². The van der Waals surface area contributed by atoms with Gasteiger partial charge in [0.2, 0.25) is 5.91 Å². The number of amides is 1. The number of ether oxygens (including phenoxy) is 2. The minimum absolute atomic E-state index is 0.170. The molecule has 1 N–H and O–H groups in total. The number of nitrogens with zero attached hydrogens (tertiary/aromatic N) is 1. The molecular weight excluding hydrogens is 340 g/mol. The van der Waals surface area contributed by atoms with Crippen molar-refractivity contribution in [3.8, 4) is 17.6 Å². The average molecular weight is 360 g/mol. The van der Waals surface area contributed by atoms with E-state index in [1.54, 1.807) is 7.11 Å². The van der Waals surface area contributed by atoms with Crippen LogP contribution >= 0.6 is 0 Å². The number of nitrogens with one attached hydrogen (secondary N) is 1. The SMILES string of the molecule is COc1cccc(CNC(=O)CC#N)c1OCc1cccc2ccccc12. The van der Waals surface area contributed by atoms with Gasteiger partial charge in [0.15, 0.2) is 11.5 Å². The van der Waals surface area contributed by atoms with Crippen LogP contribution in [0, 0.1) is 11.3 Å². The van der Waals surface area contributed by atoms with Crippen molar-refractivity contribution in [3.05, 3.63) is 71.8 Å². The van der Waals surface area contributed by atoms with Crippen molar-refractivity contribution in [2.24, 2.45) is 0 Å². The first-order chi connectivity index (χ1) is 13.2. The Bertz CT molecular complexity index is 987. The zero-order valence-electron chi connectivity index (χ0n) is 15.1. The van der Waals surface area contributed by atoms with E-state index in [9.17, 15) is 4.79 Å². The highest BCUT2D eigenvalue weighted by Gasteiger charge is 2.13. The van der Waals surface area contributed by atoms with Gasteiger partial charge in [0.1, 0.15) is 13.0 Å². The molecule has 0 heterocycles. The van der Waals surface area contributed by atoms with Crippen molar-refractivity contribution in [1.29, 1.82) is 5.26 Å². The standard InChI is InChI=1S/C22H20N2O3/c1-26-20-11-5-8-17(14-24-21(25)12-13-23)22(20)27-15-18-9-4-7-16-6-2-3-10-19(16)18/h2-11H,12,14-15H2,1H3,(H,24,25). The maximum atomic E-state index is 11.6. The van der Waals surface area contributed by atoms with E-state index in [1.807, 2.05) is 48.5 Å². The summed E-state index contributed by atoms with van der Waals surface area (Å²) >= 11 is 0. The van der Waals surface area contributed by atoms with Gasteiger partial charge in [-0.3, -0.25) is 4.79 Å². The second kappa shape index (κ2) is 8.72. The number of carbonyl (C=O) groups excluding carboxylic acids is 1. The topological polar surface area (TPSA) is 71.3 Å². The van der Waals surface area contributed by atoms with Crippen molar-refractivity contribution in [2.45, 2.75) is 19.6 Å². The summed E-state index contributed by atoms with van der Waals surface area (Å²) in [6.45, 7) is 0.642. The van der Waals surface area contributed by atoms with Crippen LogP contribution in [0.2, 0.25) is 0 Å². The third-order valence-electron chi connectivity index (χ3n) is 4.25. The van der Waals surface area contributed by atoms with E-state index in [-0.39, 0.29) is 18.9 Å². The molecule has 0 aromatic heterocycles. The van der Waals surface area contributed by atoms with E-state index < -0.39 is 0 Å². The highest BCUT2D eigenvalue weighted by atomic mass is 16.5. The van der Waals surface area contributed by atoms with Crippen LogP contribution in [0.4, 0.5) is 0 Å². The summed E-state index contributed by atoms with van der Waals surface area (Å²) in [6.07, 6.45) is -0.170. The molecule has 0 unspecified atom stereocenters. The molecule has 1 amide bonds. The van der Waals surface area contributed by atoms with Crippen molar-refractivity contribution >= 4 is 16.7 Å². The first-order valence-electron chi connectivity index (χ1n) is 8.62. The van der Waals surface area contributed by atoms with Crippen LogP contribution in [0.15, 0.2) is 60.7 Å². The van der Waals surface area contributed by atoms with Gasteiger partial charge in [-0.25, -0.2) is 0 Å². The first-order valence-corrected chi connectivity index (χ1v) is 8.62. The Morgan fingerprint density at radius 1 is 1.04 bits per heavy atom. The Morgan fingerprint density at radius 3 is 2.59 bits per heavy atom. The van der Waals surface area contributed by atoms with Crippen LogP contribution in [0.3, 0.4) is 0 Å². The van der Waals surface area contributed by atoms with Crippen LogP contribution in [0.5, 0.6) is 11.5 Å². The molecule has 0 saturated carbocycles. The lowest BCUT2D eigenvalue weighted by atomic mass is 10.1. The number of nitriles is 1. The summed E-state index contributed by atoms with van der Waals surface area (Å²) in [7, 11) is 1.58. The molecule has 0 atom stereocenters. The number of fused-ring (bicyclic) bond motifs is 1. The quantitative estimate of drug-likeness (QED) is 0.692. The van der Waals surface area contributed by atoms with Crippen molar-refractivity contribution in [1.82, 2.24) is 5.32 Å². The normalized spacial score (nSPS) is 10.2. The van der Waals surface area contributed by atoms with Gasteiger partial charge < -0.3 is 14.8 Å². The van der Waals surface area contributed by atoms with Crippen LogP contribution in [-0.4, -0.2) is 13.0 Å². The molecule has 0 fully saturated rings. The van der Waals surface area contributed by atoms with E-state index in [0.717, 1.165) is 21.9 Å². The molecule has 0 saturated heterocycles. The Kier molecular flexibility index (Phi) is 5.91. The summed E-state index contributed by atoms with van der Waals surface area (Å²) < 4.78 is 11.5. The summed E-state index contributed by atoms with van der Waals surface area (Å²) in [4.78, 5) is 11.6. The molecule has 3 rings (SSSR count). The molecule has 136 valence electrons. The molecule has 0 aliphatic heterocycles. The maximum absolute atomic E-state index is 11.6. The lowest BCUT2D eigenvalue weighted by Gasteiger charge is -2.16. The third kappa shape index (κ3) is 4.36. The zero-order valence-corrected chi connectivity index (χ0v) is 15.1. The Hall–Kier alpha value is -3.52. The number of rotatable bonds is 7. The molecule has 3 aromatic carbocycles. The van der Waals surface area contributed by atoms with Crippen LogP contribution in [0.25, 0.3) is 10.8 Å². The van der Waals surface area contributed by atoms with Gasteiger partial charge in [0.05, 0.1) is 13.2 Å². The maximum Gasteiger partial charge on any atom is 0.234 e. The molecule has 0 aliphatic rings. The monoisotopic (exact) mass is 360 g/mol. The number of methoxy groups -OCH3 is 1. The predicted octanol–water partition coefficient (Wildman–Crippen LogP) is 3.96. The highest BCUT2D eigenvalue weighted by molar-refractivity contribution is 5.85. The predicted molar refractivity (Wildman–Crippen MR) is 103 cm³/mol. The minimum atomic E-state index is -0.319. The van der Waals surface area contributed by atoms with Crippen molar-refractivity contribution in [2.75, 3.05) is 7.11 Å². The minimum Gasteiger partial charge on any atom is -0.493 e. The molecule has 27 heavy (non-hydrogen) atoms. The second-order valence-corrected chi connectivity index (χ2v) is 5.99. The van der Waals surface area contributed by atoms with E-state index in [0.29, 0.717) is 18.1 Å². The molecular formula is C22H20N2O3. The molecule has 3 aromatic rings.